The summed E-state index contributed by atoms with van der Waals surface area (Å²) in [6.45, 7) is 6.48. The quantitative estimate of drug-likeness (QED) is 0.680. The number of likely N-dealkylation sites (tertiary alicyclic amines) is 1. The molecule has 3 aliphatic rings. The fourth-order valence-corrected chi connectivity index (χ4v) is 4.23. The van der Waals surface area contributed by atoms with Crippen molar-refractivity contribution in [2.75, 3.05) is 59.5 Å². The number of amides is 2. The van der Waals surface area contributed by atoms with E-state index in [0.717, 1.165) is 83.9 Å². The number of hydrogen-bond donors (Lipinski definition) is 0. The highest BCUT2D eigenvalue weighted by atomic mass is 16.5. The molecule has 3 fully saturated rings. The zero-order valence-electron chi connectivity index (χ0n) is 17.9. The van der Waals surface area contributed by atoms with Crippen molar-refractivity contribution in [1.29, 1.82) is 0 Å². The van der Waals surface area contributed by atoms with Crippen LogP contribution in [0.15, 0.2) is 24.3 Å². The molecule has 1 aromatic carbocycles. The zero-order chi connectivity index (χ0) is 20.9. The Morgan fingerprint density at radius 3 is 2.17 bits per heavy atom. The van der Waals surface area contributed by atoms with Crippen molar-refractivity contribution < 1.29 is 19.1 Å². The minimum atomic E-state index is 0.0832. The molecule has 164 valence electrons. The molecule has 0 aromatic heterocycles. The van der Waals surface area contributed by atoms with Gasteiger partial charge in [-0.25, -0.2) is 0 Å². The van der Waals surface area contributed by atoms with Crippen molar-refractivity contribution in [2.45, 2.75) is 31.8 Å². The van der Waals surface area contributed by atoms with Gasteiger partial charge in [0.15, 0.2) is 0 Å². The van der Waals surface area contributed by atoms with Crippen LogP contribution in [0.1, 0.15) is 36.0 Å². The average molecular weight is 416 g/mol. The summed E-state index contributed by atoms with van der Waals surface area (Å²) in [6.07, 6.45) is 3.99. The molecule has 2 aliphatic heterocycles. The number of piperazine rings is 1. The first-order chi connectivity index (χ1) is 14.6. The number of carbonyl (C=O) groups is 2. The lowest BCUT2D eigenvalue weighted by Crippen LogP contribution is -2.49. The molecule has 2 amide bonds. The van der Waals surface area contributed by atoms with Gasteiger partial charge in [0.2, 0.25) is 5.91 Å². The third kappa shape index (κ3) is 5.32. The van der Waals surface area contributed by atoms with Crippen LogP contribution in [-0.4, -0.2) is 92.1 Å². The number of rotatable bonds is 7. The Labute approximate surface area is 178 Å². The van der Waals surface area contributed by atoms with Gasteiger partial charge in [-0.1, -0.05) is 0 Å². The van der Waals surface area contributed by atoms with E-state index in [0.29, 0.717) is 17.4 Å². The maximum Gasteiger partial charge on any atom is 0.253 e. The molecular formula is C23H33N3O4. The smallest absolute Gasteiger partial charge is 0.253 e. The van der Waals surface area contributed by atoms with Crippen LogP contribution < -0.4 is 4.74 Å². The molecule has 0 spiro atoms. The second kappa shape index (κ2) is 9.79. The normalized spacial score (nSPS) is 21.0. The first-order valence-corrected chi connectivity index (χ1v) is 11.2. The van der Waals surface area contributed by atoms with E-state index in [-0.39, 0.29) is 12.0 Å². The van der Waals surface area contributed by atoms with Crippen molar-refractivity contribution in [3.05, 3.63) is 29.8 Å². The summed E-state index contributed by atoms with van der Waals surface area (Å²) < 4.78 is 11.2. The molecule has 2 saturated heterocycles. The van der Waals surface area contributed by atoms with Gasteiger partial charge < -0.3 is 19.3 Å². The van der Waals surface area contributed by atoms with Gasteiger partial charge in [0.25, 0.3) is 5.91 Å². The average Bonchev–Trinajstić information content (AvgIpc) is 3.64. The van der Waals surface area contributed by atoms with Crippen LogP contribution in [0.2, 0.25) is 0 Å². The molecule has 0 atom stereocenters. The Hall–Kier alpha value is -2.12. The van der Waals surface area contributed by atoms with Crippen LogP contribution in [-0.2, 0) is 9.53 Å². The first-order valence-electron chi connectivity index (χ1n) is 11.2. The molecule has 2 heterocycles. The van der Waals surface area contributed by atoms with Crippen molar-refractivity contribution in [3.8, 4) is 5.75 Å². The summed E-state index contributed by atoms with van der Waals surface area (Å²) in [5.41, 5.74) is 0.706. The van der Waals surface area contributed by atoms with Gasteiger partial charge in [0.1, 0.15) is 11.9 Å². The minimum Gasteiger partial charge on any atom is -0.490 e. The Morgan fingerprint density at radius 2 is 1.57 bits per heavy atom. The Balaban J connectivity index is 1.22. The van der Waals surface area contributed by atoms with Crippen LogP contribution in [0.5, 0.6) is 5.75 Å². The molecule has 7 nitrogen and oxygen atoms in total. The van der Waals surface area contributed by atoms with Crippen molar-refractivity contribution >= 4 is 11.8 Å². The lowest BCUT2D eigenvalue weighted by molar-refractivity contribution is -0.134. The lowest BCUT2D eigenvalue weighted by atomic mass is 10.1. The van der Waals surface area contributed by atoms with E-state index in [4.69, 9.17) is 9.47 Å². The molecule has 0 unspecified atom stereocenters. The van der Waals surface area contributed by atoms with E-state index in [9.17, 15) is 9.59 Å². The van der Waals surface area contributed by atoms with Crippen LogP contribution in [0.25, 0.3) is 0 Å². The molecule has 0 radical (unpaired) electrons. The summed E-state index contributed by atoms with van der Waals surface area (Å²) in [6, 6.07) is 7.51. The van der Waals surface area contributed by atoms with E-state index in [1.807, 2.05) is 34.1 Å². The molecule has 1 aromatic rings. The van der Waals surface area contributed by atoms with Gasteiger partial charge in [0, 0.05) is 77.2 Å². The maximum absolute atomic E-state index is 12.8. The number of hydrogen-bond acceptors (Lipinski definition) is 5. The van der Waals surface area contributed by atoms with Crippen LogP contribution in [0, 0.1) is 5.92 Å². The molecule has 4 rings (SSSR count). The molecular weight excluding hydrogens is 382 g/mol. The van der Waals surface area contributed by atoms with Gasteiger partial charge in [0.05, 0.1) is 6.61 Å². The molecule has 1 aliphatic carbocycles. The minimum absolute atomic E-state index is 0.0832. The monoisotopic (exact) mass is 415 g/mol. The predicted molar refractivity (Wildman–Crippen MR) is 114 cm³/mol. The highest BCUT2D eigenvalue weighted by Gasteiger charge is 2.35. The van der Waals surface area contributed by atoms with Crippen molar-refractivity contribution in [1.82, 2.24) is 14.7 Å². The van der Waals surface area contributed by atoms with Gasteiger partial charge in [-0.3, -0.25) is 14.5 Å². The predicted octanol–water partition coefficient (Wildman–Crippen LogP) is 1.87. The summed E-state index contributed by atoms with van der Waals surface area (Å²) in [4.78, 5) is 31.2. The van der Waals surface area contributed by atoms with Crippen LogP contribution >= 0.6 is 0 Å². The number of carbonyl (C=O) groups excluding carboxylic acids is 2. The van der Waals surface area contributed by atoms with E-state index in [1.165, 1.54) is 0 Å². The summed E-state index contributed by atoms with van der Waals surface area (Å²) in [5, 5.41) is 0. The van der Waals surface area contributed by atoms with Gasteiger partial charge in [-0.2, -0.15) is 0 Å². The second-order valence-corrected chi connectivity index (χ2v) is 8.57. The molecule has 30 heavy (non-hydrogen) atoms. The molecule has 0 N–H and O–H groups in total. The van der Waals surface area contributed by atoms with Crippen molar-refractivity contribution in [3.63, 3.8) is 0 Å². The summed E-state index contributed by atoms with van der Waals surface area (Å²) in [5.74, 6) is 1.50. The fourth-order valence-electron chi connectivity index (χ4n) is 4.23. The number of methoxy groups -OCH3 is 1. The number of nitrogens with zero attached hydrogens (tertiary/aromatic N) is 3. The van der Waals surface area contributed by atoms with Crippen LogP contribution in [0.4, 0.5) is 0 Å². The van der Waals surface area contributed by atoms with E-state index < -0.39 is 0 Å². The van der Waals surface area contributed by atoms with Gasteiger partial charge in [-0.05, 0) is 37.1 Å². The highest BCUT2D eigenvalue weighted by Crippen LogP contribution is 2.32. The number of benzene rings is 1. The Bertz CT molecular complexity index is 718. The molecule has 1 saturated carbocycles. The standard InChI is InChI=1S/C23H33N3O4/c1-29-17-16-24-12-14-26(15-13-24)23(28)19-4-6-20(7-5-19)30-21-8-10-25(11-9-21)22(27)18-2-3-18/h4-7,18,21H,2-3,8-17H2,1H3. The highest BCUT2D eigenvalue weighted by molar-refractivity contribution is 5.94. The van der Waals surface area contributed by atoms with Crippen LogP contribution in [0.3, 0.4) is 0 Å². The number of piperidine rings is 1. The Kier molecular flexibility index (Phi) is 6.89. The van der Waals surface area contributed by atoms with E-state index in [2.05, 4.69) is 4.90 Å². The first kappa shape index (κ1) is 21.1. The topological polar surface area (TPSA) is 62.3 Å². The van der Waals surface area contributed by atoms with E-state index >= 15 is 0 Å². The Morgan fingerprint density at radius 1 is 0.900 bits per heavy atom. The third-order valence-corrected chi connectivity index (χ3v) is 6.36. The SMILES string of the molecule is COCCN1CCN(C(=O)c2ccc(OC3CCN(C(=O)C4CC4)CC3)cc2)CC1. The fraction of sp³-hybridized carbons (Fsp3) is 0.652. The number of ether oxygens (including phenoxy) is 2. The summed E-state index contributed by atoms with van der Waals surface area (Å²) >= 11 is 0. The van der Waals surface area contributed by atoms with E-state index in [1.54, 1.807) is 7.11 Å². The second-order valence-electron chi connectivity index (χ2n) is 8.57. The van der Waals surface area contributed by atoms with Crippen molar-refractivity contribution in [2.24, 2.45) is 5.92 Å². The zero-order valence-corrected chi connectivity index (χ0v) is 17.9. The van der Waals surface area contributed by atoms with Gasteiger partial charge >= 0.3 is 0 Å². The van der Waals surface area contributed by atoms with Gasteiger partial charge in [-0.15, -0.1) is 0 Å². The lowest BCUT2D eigenvalue weighted by Gasteiger charge is -2.34. The largest absolute Gasteiger partial charge is 0.490 e. The molecule has 7 heteroatoms. The third-order valence-electron chi connectivity index (χ3n) is 6.36. The summed E-state index contributed by atoms with van der Waals surface area (Å²) in [7, 11) is 1.71. The maximum atomic E-state index is 12.8. The molecule has 0 bridgehead atoms.